The van der Waals surface area contributed by atoms with Crippen molar-refractivity contribution in [1.82, 2.24) is 15.2 Å². The van der Waals surface area contributed by atoms with E-state index in [1.165, 1.54) is 0 Å². The average Bonchev–Trinajstić information content (AvgIpc) is 2.59. The van der Waals surface area contributed by atoms with Crippen LogP contribution in [0.3, 0.4) is 0 Å². The summed E-state index contributed by atoms with van der Waals surface area (Å²) in [6.45, 7) is 3.73. The molecule has 0 spiro atoms. The van der Waals surface area contributed by atoms with Gasteiger partial charge in [-0.05, 0) is 54.8 Å². The molecule has 4 rings (SSSR count). The Kier molecular flexibility index (Phi) is 4.50. The minimum Gasteiger partial charge on any atom is -0.384 e. The summed E-state index contributed by atoms with van der Waals surface area (Å²) in [6, 6.07) is 11.6. The van der Waals surface area contributed by atoms with Crippen LogP contribution < -0.4 is 11.1 Å². The number of hydrogen-bond donors (Lipinski definition) is 2. The minimum absolute atomic E-state index is 0.102. The molecule has 138 valence electrons. The van der Waals surface area contributed by atoms with Crippen molar-refractivity contribution in [3.8, 4) is 11.1 Å². The third-order valence-electron chi connectivity index (χ3n) is 5.01. The normalized spacial score (nSPS) is 14.9. The molecule has 27 heavy (non-hydrogen) atoms. The van der Waals surface area contributed by atoms with Crippen LogP contribution in [0.4, 0.5) is 5.82 Å². The van der Waals surface area contributed by atoms with Crippen molar-refractivity contribution in [2.45, 2.75) is 13.0 Å². The van der Waals surface area contributed by atoms with Crippen molar-refractivity contribution in [2.75, 3.05) is 25.9 Å². The van der Waals surface area contributed by atoms with E-state index in [-0.39, 0.29) is 11.9 Å². The Balaban J connectivity index is 1.85. The maximum absolute atomic E-state index is 13.0. The van der Waals surface area contributed by atoms with Crippen LogP contribution in [-0.2, 0) is 0 Å². The average molecular weight is 381 g/mol. The molecule has 1 amide bonds. The Hall–Kier alpha value is -2.63. The zero-order valence-electron chi connectivity index (χ0n) is 15.3. The Morgan fingerprint density at radius 2 is 2.07 bits per heavy atom. The molecule has 0 radical (unpaired) electrons. The zero-order valence-corrected chi connectivity index (χ0v) is 16.0. The van der Waals surface area contributed by atoms with E-state index in [1.54, 1.807) is 12.3 Å². The van der Waals surface area contributed by atoms with E-state index in [2.05, 4.69) is 15.2 Å². The Morgan fingerprint density at radius 1 is 1.30 bits per heavy atom. The van der Waals surface area contributed by atoms with Crippen molar-refractivity contribution >= 4 is 34.1 Å². The second kappa shape index (κ2) is 6.83. The number of rotatable bonds is 3. The number of aryl methyl sites for hydroxylation is 1. The number of nitrogens with one attached hydrogen (secondary N) is 1. The number of nitrogen functional groups attached to an aromatic ring is 1. The molecule has 0 aliphatic carbocycles. The van der Waals surface area contributed by atoms with Crippen molar-refractivity contribution in [3.63, 3.8) is 0 Å². The van der Waals surface area contributed by atoms with Gasteiger partial charge in [-0.25, -0.2) is 4.98 Å². The number of hydrogen-bond acceptors (Lipinski definition) is 4. The first-order chi connectivity index (χ1) is 12.9. The van der Waals surface area contributed by atoms with Gasteiger partial charge in [0.1, 0.15) is 5.82 Å². The van der Waals surface area contributed by atoms with Gasteiger partial charge in [-0.1, -0.05) is 23.7 Å². The molecule has 2 aromatic carbocycles. The zero-order chi connectivity index (χ0) is 19.1. The number of nitrogens with two attached hydrogens (primary N) is 1. The third kappa shape index (κ3) is 3.36. The number of pyridine rings is 1. The van der Waals surface area contributed by atoms with Crippen LogP contribution in [0.2, 0.25) is 5.02 Å². The minimum atomic E-state index is -0.102. The first-order valence-electron chi connectivity index (χ1n) is 8.86. The van der Waals surface area contributed by atoms with E-state index in [9.17, 15) is 4.79 Å². The van der Waals surface area contributed by atoms with E-state index >= 15 is 0 Å². The van der Waals surface area contributed by atoms with Crippen molar-refractivity contribution in [2.24, 2.45) is 0 Å². The Morgan fingerprint density at radius 3 is 2.78 bits per heavy atom. The van der Waals surface area contributed by atoms with Crippen LogP contribution in [0.1, 0.15) is 15.9 Å². The van der Waals surface area contributed by atoms with Gasteiger partial charge < -0.3 is 16.0 Å². The third-order valence-corrected chi connectivity index (χ3v) is 5.33. The monoisotopic (exact) mass is 380 g/mol. The summed E-state index contributed by atoms with van der Waals surface area (Å²) < 4.78 is 0. The summed E-state index contributed by atoms with van der Waals surface area (Å²) in [5.41, 5.74) is 9.34. The van der Waals surface area contributed by atoms with Crippen LogP contribution in [-0.4, -0.2) is 42.0 Å². The molecule has 0 bridgehead atoms. The molecule has 1 saturated heterocycles. The summed E-state index contributed by atoms with van der Waals surface area (Å²) in [7, 11) is 2.03. The van der Waals surface area contributed by atoms with Crippen LogP contribution in [0.25, 0.3) is 21.9 Å². The summed E-state index contributed by atoms with van der Waals surface area (Å²) in [5.74, 6) is 0.289. The predicted octanol–water partition coefficient (Wildman–Crippen LogP) is 3.49. The summed E-state index contributed by atoms with van der Waals surface area (Å²) in [5, 5.41) is 5.42. The van der Waals surface area contributed by atoms with Gasteiger partial charge in [0.25, 0.3) is 5.91 Å². The van der Waals surface area contributed by atoms with Crippen LogP contribution in [0.15, 0.2) is 42.6 Å². The van der Waals surface area contributed by atoms with E-state index < -0.39 is 0 Å². The van der Waals surface area contributed by atoms with Gasteiger partial charge in [0.2, 0.25) is 0 Å². The molecule has 1 fully saturated rings. The number of benzene rings is 2. The maximum atomic E-state index is 13.0. The molecular formula is C21H21ClN4O. The second-order valence-corrected chi connectivity index (χ2v) is 7.58. The molecule has 5 nitrogen and oxygen atoms in total. The molecule has 1 aromatic heterocycles. The van der Waals surface area contributed by atoms with E-state index in [0.717, 1.165) is 40.6 Å². The van der Waals surface area contributed by atoms with Gasteiger partial charge in [-0.15, -0.1) is 0 Å². The topological polar surface area (TPSA) is 71.2 Å². The van der Waals surface area contributed by atoms with E-state index in [4.69, 9.17) is 17.3 Å². The molecule has 1 aliphatic heterocycles. The second-order valence-electron chi connectivity index (χ2n) is 7.18. The fourth-order valence-electron chi connectivity index (χ4n) is 3.66. The van der Waals surface area contributed by atoms with Gasteiger partial charge in [0.15, 0.2) is 0 Å². The molecule has 6 heteroatoms. The molecule has 2 heterocycles. The quantitative estimate of drug-likeness (QED) is 0.729. The highest BCUT2D eigenvalue weighted by atomic mass is 35.5. The highest BCUT2D eigenvalue weighted by molar-refractivity contribution is 6.33. The lowest BCUT2D eigenvalue weighted by molar-refractivity contribution is 0.0859. The first-order valence-corrected chi connectivity index (χ1v) is 9.24. The highest BCUT2D eigenvalue weighted by Crippen LogP contribution is 2.35. The lowest BCUT2D eigenvalue weighted by Gasteiger charge is -2.36. The van der Waals surface area contributed by atoms with Gasteiger partial charge in [0.05, 0.1) is 6.04 Å². The largest absolute Gasteiger partial charge is 0.384 e. The number of likely N-dealkylation sites (N-methyl/N-ethyl adjacent to an activating group) is 1. The molecule has 0 saturated carbocycles. The smallest absolute Gasteiger partial charge is 0.252 e. The lowest BCUT2D eigenvalue weighted by Crippen LogP contribution is -2.57. The van der Waals surface area contributed by atoms with Crippen molar-refractivity contribution < 1.29 is 4.79 Å². The number of nitrogens with zero attached hydrogens (tertiary/aromatic N) is 2. The van der Waals surface area contributed by atoms with Crippen molar-refractivity contribution in [1.29, 1.82) is 0 Å². The number of carbonyl (C=O) groups is 1. The van der Waals surface area contributed by atoms with E-state index in [1.807, 2.05) is 44.3 Å². The molecule has 3 aromatic rings. The summed E-state index contributed by atoms with van der Waals surface area (Å²) in [4.78, 5) is 19.4. The molecule has 0 unspecified atom stereocenters. The SMILES string of the molecule is Cc1cccc(Cl)c1-c1cc(C(=O)NC2CN(C)C2)c2cc(N)ncc2c1. The maximum Gasteiger partial charge on any atom is 0.252 e. The number of fused-ring (bicyclic) bond motifs is 1. The van der Waals surface area contributed by atoms with Crippen LogP contribution in [0, 0.1) is 6.92 Å². The number of likely N-dealkylation sites (tertiary alicyclic amines) is 1. The lowest BCUT2D eigenvalue weighted by atomic mass is 9.94. The molecule has 0 atom stereocenters. The molecular weight excluding hydrogens is 360 g/mol. The number of anilines is 1. The van der Waals surface area contributed by atoms with Gasteiger partial charge in [-0.2, -0.15) is 0 Å². The fourth-order valence-corrected chi connectivity index (χ4v) is 3.99. The molecule has 3 N–H and O–H groups in total. The fraction of sp³-hybridized carbons (Fsp3) is 0.238. The number of halogens is 1. The van der Waals surface area contributed by atoms with Gasteiger partial charge in [0, 0.05) is 40.8 Å². The highest BCUT2D eigenvalue weighted by Gasteiger charge is 2.26. The molecule has 1 aliphatic rings. The number of carbonyl (C=O) groups excluding carboxylic acids is 1. The standard InChI is InChI=1S/C21H21ClN4O/c1-12-4-3-5-18(22)20(12)13-6-14-9-24-19(23)8-16(14)17(7-13)21(27)25-15-10-26(2)11-15/h3-9,15H,10-11H2,1-2H3,(H2,23,24)(H,25,27). The number of amides is 1. The van der Waals surface area contributed by atoms with Crippen LogP contribution >= 0.6 is 11.6 Å². The van der Waals surface area contributed by atoms with Gasteiger partial charge >= 0.3 is 0 Å². The summed E-state index contributed by atoms with van der Waals surface area (Å²) in [6.07, 6.45) is 1.70. The Bertz CT molecular complexity index is 1020. The van der Waals surface area contributed by atoms with E-state index in [0.29, 0.717) is 16.4 Å². The summed E-state index contributed by atoms with van der Waals surface area (Å²) >= 11 is 6.46. The van der Waals surface area contributed by atoms with Crippen molar-refractivity contribution in [3.05, 3.63) is 58.7 Å². The first kappa shape index (κ1) is 17.8. The Labute approximate surface area is 163 Å². The van der Waals surface area contributed by atoms with Gasteiger partial charge in [-0.3, -0.25) is 4.79 Å². The van der Waals surface area contributed by atoms with Crippen LogP contribution in [0.5, 0.6) is 0 Å². The predicted molar refractivity (Wildman–Crippen MR) is 110 cm³/mol. The number of aromatic nitrogens is 1.